The highest BCUT2D eigenvalue weighted by Gasteiger charge is 2.13. The third kappa shape index (κ3) is 9.69. The molecular formula is C28H44N2O6. The lowest BCUT2D eigenvalue weighted by atomic mass is 9.95. The van der Waals surface area contributed by atoms with Crippen LogP contribution in [0.25, 0.3) is 11.1 Å². The van der Waals surface area contributed by atoms with Gasteiger partial charge in [0.05, 0.1) is 39.6 Å². The van der Waals surface area contributed by atoms with Crippen molar-refractivity contribution in [1.29, 1.82) is 0 Å². The maximum Gasteiger partial charge on any atom is 0.122 e. The van der Waals surface area contributed by atoms with Gasteiger partial charge in [-0.1, -0.05) is 24.3 Å². The molecule has 2 aromatic rings. The highest BCUT2D eigenvalue weighted by molar-refractivity contribution is 5.74. The maximum absolute atomic E-state index is 9.15. The molecule has 4 N–H and O–H groups in total. The number of aliphatic hydroxyl groups excluding tert-OH is 4. The van der Waals surface area contributed by atoms with Crippen molar-refractivity contribution in [2.45, 2.75) is 26.7 Å². The van der Waals surface area contributed by atoms with Crippen LogP contribution in [0.15, 0.2) is 36.4 Å². The topological polar surface area (TPSA) is 106 Å². The van der Waals surface area contributed by atoms with Gasteiger partial charge in [0.2, 0.25) is 0 Å². The fourth-order valence-electron chi connectivity index (χ4n) is 4.30. The summed E-state index contributed by atoms with van der Waals surface area (Å²) < 4.78 is 12.2. The predicted molar refractivity (Wildman–Crippen MR) is 143 cm³/mol. The Kier molecular flexibility index (Phi) is 14.4. The molecule has 8 nitrogen and oxygen atoms in total. The van der Waals surface area contributed by atoms with Crippen molar-refractivity contribution in [3.8, 4) is 22.6 Å². The fourth-order valence-corrected chi connectivity index (χ4v) is 4.30. The molecule has 0 amide bonds. The van der Waals surface area contributed by atoms with Gasteiger partial charge in [0.25, 0.3) is 0 Å². The fraction of sp³-hybridized carbons (Fsp3) is 0.571. The molecule has 2 aromatic carbocycles. The molecule has 0 aromatic heterocycles. The molecule has 0 radical (unpaired) electrons. The van der Waals surface area contributed by atoms with E-state index in [9.17, 15) is 0 Å². The lowest BCUT2D eigenvalue weighted by Gasteiger charge is -2.21. The Morgan fingerprint density at radius 2 is 0.917 bits per heavy atom. The molecule has 202 valence electrons. The molecular weight excluding hydrogens is 460 g/mol. The minimum atomic E-state index is 0.0794. The lowest BCUT2D eigenvalue weighted by molar-refractivity contribution is 0.152. The molecule has 2 rings (SSSR count). The molecule has 0 heterocycles. The Bertz CT molecular complexity index is 796. The maximum atomic E-state index is 9.15. The Morgan fingerprint density at radius 3 is 1.25 bits per heavy atom. The molecule has 0 spiro atoms. The van der Waals surface area contributed by atoms with Crippen LogP contribution in [-0.2, 0) is 0 Å². The third-order valence-electron chi connectivity index (χ3n) is 6.28. The van der Waals surface area contributed by atoms with Crippen LogP contribution in [0.1, 0.15) is 24.0 Å². The molecule has 8 heteroatoms. The molecule has 0 saturated carbocycles. The molecule has 0 bridgehead atoms. The van der Waals surface area contributed by atoms with E-state index in [4.69, 9.17) is 29.9 Å². The van der Waals surface area contributed by atoms with Crippen LogP contribution in [-0.4, -0.2) is 109 Å². The van der Waals surface area contributed by atoms with Crippen LogP contribution in [0, 0.1) is 13.8 Å². The Labute approximate surface area is 215 Å². The molecule has 0 aliphatic heterocycles. The van der Waals surface area contributed by atoms with Crippen molar-refractivity contribution in [2.75, 3.05) is 78.9 Å². The van der Waals surface area contributed by atoms with E-state index in [1.807, 2.05) is 34.1 Å². The van der Waals surface area contributed by atoms with Crippen LogP contribution in [0.4, 0.5) is 0 Å². The Balaban J connectivity index is 1.98. The summed E-state index contributed by atoms with van der Waals surface area (Å²) in [6.45, 7) is 9.30. The van der Waals surface area contributed by atoms with E-state index >= 15 is 0 Å². The monoisotopic (exact) mass is 504 g/mol. The van der Waals surface area contributed by atoms with Gasteiger partial charge in [-0.25, -0.2) is 0 Å². The smallest absolute Gasteiger partial charge is 0.122 e. The van der Waals surface area contributed by atoms with Crippen molar-refractivity contribution in [3.63, 3.8) is 0 Å². The van der Waals surface area contributed by atoms with Gasteiger partial charge in [-0.05, 0) is 61.1 Å². The van der Waals surface area contributed by atoms with E-state index < -0.39 is 0 Å². The van der Waals surface area contributed by atoms with Crippen LogP contribution < -0.4 is 9.47 Å². The Hall–Kier alpha value is -2.20. The van der Waals surface area contributed by atoms with Gasteiger partial charge in [-0.15, -0.1) is 0 Å². The first-order valence-electron chi connectivity index (χ1n) is 12.9. The van der Waals surface area contributed by atoms with Gasteiger partial charge < -0.3 is 29.9 Å². The zero-order valence-electron chi connectivity index (χ0n) is 21.9. The van der Waals surface area contributed by atoms with Crippen LogP contribution >= 0.6 is 0 Å². The molecule has 0 saturated heterocycles. The molecule has 0 unspecified atom stereocenters. The van der Waals surface area contributed by atoms with Crippen molar-refractivity contribution in [1.82, 2.24) is 9.80 Å². The van der Waals surface area contributed by atoms with Gasteiger partial charge in [-0.2, -0.15) is 0 Å². The second-order valence-electron chi connectivity index (χ2n) is 8.84. The summed E-state index contributed by atoms with van der Waals surface area (Å²) >= 11 is 0. The molecule has 0 aliphatic rings. The third-order valence-corrected chi connectivity index (χ3v) is 6.28. The molecule has 0 fully saturated rings. The zero-order valence-corrected chi connectivity index (χ0v) is 21.9. The number of rotatable bonds is 19. The minimum Gasteiger partial charge on any atom is -0.493 e. The van der Waals surface area contributed by atoms with Crippen molar-refractivity contribution in [3.05, 3.63) is 47.5 Å². The summed E-state index contributed by atoms with van der Waals surface area (Å²) in [6, 6.07) is 12.2. The highest BCUT2D eigenvalue weighted by atomic mass is 16.5. The summed E-state index contributed by atoms with van der Waals surface area (Å²) in [5.41, 5.74) is 4.36. The van der Waals surface area contributed by atoms with E-state index in [2.05, 4.69) is 26.0 Å². The van der Waals surface area contributed by atoms with Crippen molar-refractivity contribution in [2.24, 2.45) is 0 Å². The highest BCUT2D eigenvalue weighted by Crippen LogP contribution is 2.35. The van der Waals surface area contributed by atoms with E-state index in [-0.39, 0.29) is 26.4 Å². The van der Waals surface area contributed by atoms with Crippen LogP contribution in [0.3, 0.4) is 0 Å². The number of nitrogens with zero attached hydrogens (tertiary/aromatic N) is 2. The summed E-state index contributed by atoms with van der Waals surface area (Å²) in [5, 5.41) is 36.6. The number of hydrogen-bond acceptors (Lipinski definition) is 8. The number of hydrogen-bond donors (Lipinski definition) is 4. The average Bonchev–Trinajstić information content (AvgIpc) is 2.87. The second-order valence-corrected chi connectivity index (χ2v) is 8.84. The van der Waals surface area contributed by atoms with E-state index in [1.54, 1.807) is 0 Å². The average molecular weight is 505 g/mol. The Morgan fingerprint density at radius 1 is 0.556 bits per heavy atom. The first-order chi connectivity index (χ1) is 17.5. The van der Waals surface area contributed by atoms with Gasteiger partial charge in [-0.3, -0.25) is 9.80 Å². The van der Waals surface area contributed by atoms with Gasteiger partial charge >= 0.3 is 0 Å². The van der Waals surface area contributed by atoms with Crippen molar-refractivity contribution < 1.29 is 29.9 Å². The molecule has 0 atom stereocenters. The summed E-state index contributed by atoms with van der Waals surface area (Å²) in [5.74, 6) is 1.70. The standard InChI is InChI=1S/C28H44N2O6/c1-23-25(7-3-9-27(23)35-21-5-11-29(13-17-31)14-18-32)26-8-4-10-28(24(26)2)36-22-6-12-30(15-19-33)16-20-34/h3-4,7-10,31-34H,5-6,11-22H2,1-2H3. The zero-order chi connectivity index (χ0) is 26.2. The van der Waals surface area contributed by atoms with E-state index in [1.165, 1.54) is 0 Å². The summed E-state index contributed by atoms with van der Waals surface area (Å²) in [6.07, 6.45) is 1.61. The van der Waals surface area contributed by atoms with E-state index in [0.29, 0.717) is 39.4 Å². The minimum absolute atomic E-state index is 0.0794. The van der Waals surface area contributed by atoms with Gasteiger partial charge in [0.15, 0.2) is 0 Å². The molecule has 36 heavy (non-hydrogen) atoms. The van der Waals surface area contributed by atoms with E-state index in [0.717, 1.165) is 59.7 Å². The summed E-state index contributed by atoms with van der Waals surface area (Å²) in [4.78, 5) is 4.05. The SMILES string of the molecule is Cc1c(OCCCN(CCO)CCO)cccc1-c1cccc(OCCCN(CCO)CCO)c1C. The number of aliphatic hydroxyl groups is 4. The first-order valence-corrected chi connectivity index (χ1v) is 12.9. The largest absolute Gasteiger partial charge is 0.493 e. The summed E-state index contributed by atoms with van der Waals surface area (Å²) in [7, 11) is 0. The second kappa shape index (κ2) is 17.3. The van der Waals surface area contributed by atoms with Crippen molar-refractivity contribution >= 4 is 0 Å². The van der Waals surface area contributed by atoms with Gasteiger partial charge in [0.1, 0.15) is 11.5 Å². The number of benzene rings is 2. The normalized spacial score (nSPS) is 11.4. The quantitative estimate of drug-likeness (QED) is 0.216. The number of ether oxygens (including phenoxy) is 2. The van der Waals surface area contributed by atoms with Gasteiger partial charge in [0, 0.05) is 39.3 Å². The van der Waals surface area contributed by atoms with Crippen LogP contribution in [0.2, 0.25) is 0 Å². The lowest BCUT2D eigenvalue weighted by Crippen LogP contribution is -2.31. The first kappa shape index (κ1) is 30.0. The van der Waals surface area contributed by atoms with Crippen LogP contribution in [0.5, 0.6) is 11.5 Å². The molecule has 0 aliphatic carbocycles. The predicted octanol–water partition coefficient (Wildman–Crippen LogP) is 2.08.